The van der Waals surface area contributed by atoms with Gasteiger partial charge in [0.2, 0.25) is 0 Å². The van der Waals surface area contributed by atoms with E-state index in [2.05, 4.69) is 43.7 Å². The SMILES string of the molecule is CCn1c(Cn2nc(I)c3c(N)ncnc32)cc2cccc(C)c2c1=O. The van der Waals surface area contributed by atoms with Crippen molar-refractivity contribution in [2.45, 2.75) is 26.9 Å². The standard InChI is InChI=1S/C18H17IN6O/c1-3-24-12(7-11-6-4-5-10(2)13(11)18(24)26)8-25-17-14(15(19)23-25)16(20)21-9-22-17/h4-7,9H,3,8H2,1-2H3,(H2,20,21,22). The molecule has 0 fully saturated rings. The van der Waals surface area contributed by atoms with Crippen LogP contribution in [0, 0.1) is 10.6 Å². The number of benzene rings is 1. The monoisotopic (exact) mass is 460 g/mol. The smallest absolute Gasteiger partial charge is 0.258 e. The van der Waals surface area contributed by atoms with Crippen LogP contribution in [0.3, 0.4) is 0 Å². The number of hydrogen-bond acceptors (Lipinski definition) is 5. The van der Waals surface area contributed by atoms with Gasteiger partial charge in [-0.1, -0.05) is 18.2 Å². The van der Waals surface area contributed by atoms with Gasteiger partial charge in [-0.15, -0.1) is 0 Å². The van der Waals surface area contributed by atoms with Crippen LogP contribution in [0.1, 0.15) is 18.2 Å². The van der Waals surface area contributed by atoms with Crippen molar-refractivity contribution in [1.29, 1.82) is 0 Å². The third kappa shape index (κ3) is 2.56. The molecule has 3 heterocycles. The van der Waals surface area contributed by atoms with Crippen LogP contribution in [0.2, 0.25) is 0 Å². The molecular weight excluding hydrogens is 443 g/mol. The molecule has 7 nitrogen and oxygen atoms in total. The van der Waals surface area contributed by atoms with E-state index in [0.717, 1.165) is 31.1 Å². The summed E-state index contributed by atoms with van der Waals surface area (Å²) in [7, 11) is 0. The molecule has 26 heavy (non-hydrogen) atoms. The fourth-order valence-electron chi connectivity index (χ4n) is 3.35. The van der Waals surface area contributed by atoms with Crippen molar-refractivity contribution < 1.29 is 0 Å². The molecule has 0 aliphatic carbocycles. The minimum Gasteiger partial charge on any atom is -0.383 e. The molecule has 8 heteroatoms. The van der Waals surface area contributed by atoms with Gasteiger partial charge in [0.15, 0.2) is 5.65 Å². The Labute approximate surface area is 163 Å². The summed E-state index contributed by atoms with van der Waals surface area (Å²) in [6.07, 6.45) is 1.43. The first-order valence-electron chi connectivity index (χ1n) is 8.25. The minimum atomic E-state index is 0.0263. The molecule has 0 saturated heterocycles. The molecule has 2 N–H and O–H groups in total. The minimum absolute atomic E-state index is 0.0263. The number of nitrogens with zero attached hydrogens (tertiary/aromatic N) is 5. The lowest BCUT2D eigenvalue weighted by Crippen LogP contribution is -2.25. The highest BCUT2D eigenvalue weighted by Gasteiger charge is 2.16. The molecule has 1 aromatic carbocycles. The first kappa shape index (κ1) is 17.0. The lowest BCUT2D eigenvalue weighted by molar-refractivity contribution is 0.613. The number of fused-ring (bicyclic) bond motifs is 2. The molecule has 0 radical (unpaired) electrons. The summed E-state index contributed by atoms with van der Waals surface area (Å²) >= 11 is 2.13. The molecule has 4 rings (SSSR count). The molecule has 0 amide bonds. The maximum Gasteiger partial charge on any atom is 0.258 e. The van der Waals surface area contributed by atoms with E-state index >= 15 is 0 Å². The Hall–Kier alpha value is -2.49. The van der Waals surface area contributed by atoms with Crippen LogP contribution in [0.5, 0.6) is 0 Å². The number of rotatable bonds is 3. The molecule has 0 spiro atoms. The highest BCUT2D eigenvalue weighted by molar-refractivity contribution is 14.1. The van der Waals surface area contributed by atoms with Crippen LogP contribution in [-0.4, -0.2) is 24.3 Å². The predicted octanol–water partition coefficient (Wildman–Crippen LogP) is 2.70. The van der Waals surface area contributed by atoms with Gasteiger partial charge in [0.25, 0.3) is 5.56 Å². The van der Waals surface area contributed by atoms with Crippen molar-refractivity contribution in [3.05, 3.63) is 55.9 Å². The Bertz CT molecular complexity index is 1210. The number of pyridine rings is 1. The van der Waals surface area contributed by atoms with Gasteiger partial charge in [-0.2, -0.15) is 5.10 Å². The van der Waals surface area contributed by atoms with Gasteiger partial charge in [0.05, 0.1) is 17.3 Å². The number of anilines is 1. The molecule has 0 bridgehead atoms. The summed E-state index contributed by atoms with van der Waals surface area (Å²) in [5, 5.41) is 7.01. The summed E-state index contributed by atoms with van der Waals surface area (Å²) in [6.45, 7) is 4.96. The lowest BCUT2D eigenvalue weighted by Gasteiger charge is -2.14. The quantitative estimate of drug-likeness (QED) is 0.475. The molecule has 4 aromatic rings. The summed E-state index contributed by atoms with van der Waals surface area (Å²) in [5.41, 5.74) is 8.53. The van der Waals surface area contributed by atoms with Crippen LogP contribution < -0.4 is 11.3 Å². The molecule has 0 saturated carbocycles. The maximum absolute atomic E-state index is 13.0. The number of aromatic nitrogens is 5. The normalized spacial score (nSPS) is 11.5. The zero-order valence-corrected chi connectivity index (χ0v) is 16.6. The third-order valence-corrected chi connectivity index (χ3v) is 5.33. The molecule has 0 aliphatic heterocycles. The largest absolute Gasteiger partial charge is 0.383 e. The van der Waals surface area contributed by atoms with Gasteiger partial charge < -0.3 is 10.3 Å². The Balaban J connectivity index is 1.94. The van der Waals surface area contributed by atoms with Crippen molar-refractivity contribution in [2.75, 3.05) is 5.73 Å². The number of halogens is 1. The number of nitrogens with two attached hydrogens (primary N) is 1. The van der Waals surface area contributed by atoms with E-state index in [1.165, 1.54) is 6.33 Å². The Kier molecular flexibility index (Phi) is 4.14. The van der Waals surface area contributed by atoms with E-state index in [0.29, 0.717) is 24.6 Å². The van der Waals surface area contributed by atoms with E-state index in [9.17, 15) is 4.79 Å². The molecule has 0 aliphatic rings. The van der Waals surface area contributed by atoms with E-state index in [1.54, 1.807) is 9.25 Å². The van der Waals surface area contributed by atoms with Gasteiger partial charge in [-0.3, -0.25) is 4.79 Å². The van der Waals surface area contributed by atoms with Crippen LogP contribution in [0.4, 0.5) is 5.82 Å². The van der Waals surface area contributed by atoms with Gasteiger partial charge in [0.1, 0.15) is 15.8 Å². The average molecular weight is 460 g/mol. The third-order valence-electron chi connectivity index (χ3n) is 4.58. The highest BCUT2D eigenvalue weighted by Crippen LogP contribution is 2.24. The predicted molar refractivity (Wildman–Crippen MR) is 110 cm³/mol. The zero-order chi connectivity index (χ0) is 18.4. The second-order valence-electron chi connectivity index (χ2n) is 6.13. The van der Waals surface area contributed by atoms with E-state index in [4.69, 9.17) is 5.73 Å². The fraction of sp³-hybridized carbons (Fsp3) is 0.222. The molecule has 132 valence electrons. The van der Waals surface area contributed by atoms with Gasteiger partial charge in [-0.25, -0.2) is 14.6 Å². The lowest BCUT2D eigenvalue weighted by atomic mass is 10.1. The van der Waals surface area contributed by atoms with Crippen molar-refractivity contribution in [2.24, 2.45) is 0 Å². The number of hydrogen-bond donors (Lipinski definition) is 1. The van der Waals surface area contributed by atoms with Crippen molar-refractivity contribution in [3.63, 3.8) is 0 Å². The zero-order valence-electron chi connectivity index (χ0n) is 14.4. The fourth-order valence-corrected chi connectivity index (χ4v) is 4.13. The van der Waals surface area contributed by atoms with Crippen LogP contribution >= 0.6 is 22.6 Å². The highest BCUT2D eigenvalue weighted by atomic mass is 127. The summed E-state index contributed by atoms with van der Waals surface area (Å²) < 4.78 is 4.32. The molecule has 3 aromatic heterocycles. The van der Waals surface area contributed by atoms with Gasteiger partial charge in [0, 0.05) is 12.2 Å². The second-order valence-corrected chi connectivity index (χ2v) is 7.15. The first-order chi connectivity index (χ1) is 12.5. The van der Waals surface area contributed by atoms with Crippen LogP contribution in [0.25, 0.3) is 21.8 Å². The van der Waals surface area contributed by atoms with Crippen molar-refractivity contribution in [3.8, 4) is 0 Å². The average Bonchev–Trinajstić information content (AvgIpc) is 2.92. The number of aryl methyl sites for hydroxylation is 1. The Morgan fingerprint density at radius 1 is 1.23 bits per heavy atom. The van der Waals surface area contributed by atoms with Crippen molar-refractivity contribution in [1.82, 2.24) is 24.3 Å². The summed E-state index contributed by atoms with van der Waals surface area (Å²) in [5.74, 6) is 0.410. The molecule has 0 atom stereocenters. The first-order valence-corrected chi connectivity index (χ1v) is 9.33. The molecule has 0 unspecified atom stereocenters. The summed E-state index contributed by atoms with van der Waals surface area (Å²) in [4.78, 5) is 21.4. The van der Waals surface area contributed by atoms with Crippen LogP contribution in [0.15, 0.2) is 35.4 Å². The number of nitrogen functional groups attached to an aromatic ring is 1. The second kappa shape index (κ2) is 6.35. The Morgan fingerprint density at radius 3 is 2.81 bits per heavy atom. The Morgan fingerprint density at radius 2 is 2.04 bits per heavy atom. The maximum atomic E-state index is 13.0. The van der Waals surface area contributed by atoms with Crippen LogP contribution in [-0.2, 0) is 13.1 Å². The van der Waals surface area contributed by atoms with Gasteiger partial charge >= 0.3 is 0 Å². The van der Waals surface area contributed by atoms with Crippen molar-refractivity contribution >= 4 is 50.2 Å². The van der Waals surface area contributed by atoms with Gasteiger partial charge in [-0.05, 0) is 53.5 Å². The van der Waals surface area contributed by atoms with E-state index in [-0.39, 0.29) is 5.56 Å². The molecular formula is C18H17IN6O. The summed E-state index contributed by atoms with van der Waals surface area (Å²) in [6, 6.07) is 7.96. The van der Waals surface area contributed by atoms with E-state index < -0.39 is 0 Å². The topological polar surface area (TPSA) is 91.6 Å². The van der Waals surface area contributed by atoms with E-state index in [1.807, 2.05) is 32.0 Å².